The van der Waals surface area contributed by atoms with Crippen LogP contribution in [-0.2, 0) is 11.3 Å². The van der Waals surface area contributed by atoms with E-state index in [1.54, 1.807) is 16.8 Å². The molecule has 1 aromatic carbocycles. The Morgan fingerprint density at radius 1 is 1.07 bits per heavy atom. The largest absolute Gasteiger partial charge is 0.355 e. The van der Waals surface area contributed by atoms with Crippen LogP contribution in [-0.4, -0.2) is 39.0 Å². The van der Waals surface area contributed by atoms with Crippen LogP contribution in [0.4, 0.5) is 10.2 Å². The Morgan fingerprint density at radius 3 is 2.33 bits per heavy atom. The highest BCUT2D eigenvalue weighted by atomic mass is 19.1. The summed E-state index contributed by atoms with van der Waals surface area (Å²) in [6.45, 7) is 5.86. The monoisotopic (exact) mass is 408 g/mol. The molecule has 30 heavy (non-hydrogen) atoms. The van der Waals surface area contributed by atoms with E-state index in [1.807, 2.05) is 32.0 Å². The van der Waals surface area contributed by atoms with Gasteiger partial charge in [0.1, 0.15) is 5.82 Å². The van der Waals surface area contributed by atoms with Gasteiger partial charge in [-0.15, -0.1) is 10.2 Å². The molecule has 3 aromatic rings. The third-order valence-electron chi connectivity index (χ3n) is 5.43. The van der Waals surface area contributed by atoms with E-state index in [-0.39, 0.29) is 17.6 Å². The molecule has 0 aliphatic carbocycles. The van der Waals surface area contributed by atoms with Gasteiger partial charge in [0.2, 0.25) is 5.91 Å². The molecule has 4 rings (SSSR count). The molecule has 0 bridgehead atoms. The van der Waals surface area contributed by atoms with E-state index in [0.717, 1.165) is 48.7 Å². The average molecular weight is 408 g/mol. The van der Waals surface area contributed by atoms with Gasteiger partial charge in [-0.05, 0) is 62.6 Å². The number of aromatic nitrogens is 4. The lowest BCUT2D eigenvalue weighted by molar-refractivity contribution is -0.125. The minimum atomic E-state index is -0.275. The van der Waals surface area contributed by atoms with Crippen LogP contribution >= 0.6 is 0 Å². The van der Waals surface area contributed by atoms with Gasteiger partial charge in [0.15, 0.2) is 11.6 Å². The molecule has 0 radical (unpaired) electrons. The molecule has 7 nitrogen and oxygen atoms in total. The summed E-state index contributed by atoms with van der Waals surface area (Å²) in [6, 6.07) is 12.1. The van der Waals surface area contributed by atoms with Gasteiger partial charge in [-0.3, -0.25) is 4.79 Å². The third kappa shape index (κ3) is 4.48. The zero-order chi connectivity index (χ0) is 21.1. The van der Waals surface area contributed by atoms with Crippen molar-refractivity contribution in [2.75, 3.05) is 18.0 Å². The number of anilines is 1. The van der Waals surface area contributed by atoms with Crippen LogP contribution in [0.2, 0.25) is 0 Å². The van der Waals surface area contributed by atoms with E-state index < -0.39 is 0 Å². The first kappa shape index (κ1) is 20.0. The minimum Gasteiger partial charge on any atom is -0.355 e. The van der Waals surface area contributed by atoms with Gasteiger partial charge in [0.05, 0.1) is 5.69 Å². The number of carbonyl (C=O) groups is 1. The van der Waals surface area contributed by atoms with E-state index in [1.165, 1.54) is 12.1 Å². The van der Waals surface area contributed by atoms with E-state index in [2.05, 4.69) is 25.5 Å². The van der Waals surface area contributed by atoms with Crippen molar-refractivity contribution in [2.45, 2.75) is 33.2 Å². The van der Waals surface area contributed by atoms with Crippen molar-refractivity contribution >= 4 is 11.7 Å². The molecule has 0 spiro atoms. The number of nitrogens with zero attached hydrogens (tertiary/aromatic N) is 5. The van der Waals surface area contributed by atoms with Crippen molar-refractivity contribution in [2.24, 2.45) is 5.92 Å². The predicted octanol–water partition coefficient (Wildman–Crippen LogP) is 2.95. The number of carbonyl (C=O) groups excluding carboxylic acids is 1. The molecule has 1 N–H and O–H groups in total. The maximum absolute atomic E-state index is 13.0. The second kappa shape index (κ2) is 8.61. The molecule has 1 saturated heterocycles. The molecule has 1 fully saturated rings. The number of rotatable bonds is 5. The van der Waals surface area contributed by atoms with Crippen molar-refractivity contribution < 1.29 is 9.18 Å². The van der Waals surface area contributed by atoms with Gasteiger partial charge in [0.25, 0.3) is 0 Å². The van der Waals surface area contributed by atoms with Gasteiger partial charge >= 0.3 is 0 Å². The Hall–Kier alpha value is -3.29. The number of hydrogen-bond acceptors (Lipinski definition) is 5. The highest BCUT2D eigenvalue weighted by Crippen LogP contribution is 2.22. The number of aryl methyl sites for hydroxylation is 2. The first-order valence-electron chi connectivity index (χ1n) is 10.1. The SMILES string of the molecule is Cc1cc(C)n(-c2ccc(N3CCC(C(=O)NCc4ccc(F)cc4)CC3)nn2)n1. The minimum absolute atomic E-state index is 0.0244. The number of halogens is 1. The van der Waals surface area contributed by atoms with Crippen molar-refractivity contribution in [1.82, 2.24) is 25.3 Å². The highest BCUT2D eigenvalue weighted by Gasteiger charge is 2.25. The van der Waals surface area contributed by atoms with Crippen LogP contribution in [0.25, 0.3) is 5.82 Å². The van der Waals surface area contributed by atoms with Crippen LogP contribution in [0.5, 0.6) is 0 Å². The second-order valence-corrected chi connectivity index (χ2v) is 7.69. The fourth-order valence-corrected chi connectivity index (χ4v) is 3.77. The van der Waals surface area contributed by atoms with E-state index >= 15 is 0 Å². The van der Waals surface area contributed by atoms with Crippen molar-refractivity contribution in [3.8, 4) is 5.82 Å². The fraction of sp³-hybridized carbons (Fsp3) is 0.364. The number of piperidine rings is 1. The summed E-state index contributed by atoms with van der Waals surface area (Å²) in [4.78, 5) is 14.6. The lowest BCUT2D eigenvalue weighted by Crippen LogP contribution is -2.40. The van der Waals surface area contributed by atoms with E-state index in [0.29, 0.717) is 12.4 Å². The first-order chi connectivity index (χ1) is 14.5. The summed E-state index contributed by atoms with van der Waals surface area (Å²) >= 11 is 0. The van der Waals surface area contributed by atoms with Gasteiger partial charge in [-0.25, -0.2) is 9.07 Å². The van der Waals surface area contributed by atoms with Gasteiger partial charge < -0.3 is 10.2 Å². The number of nitrogens with one attached hydrogen (secondary N) is 1. The molecule has 2 aromatic heterocycles. The van der Waals surface area contributed by atoms with Gasteiger partial charge in [-0.1, -0.05) is 12.1 Å². The summed E-state index contributed by atoms with van der Waals surface area (Å²) in [5.74, 6) is 1.25. The van der Waals surface area contributed by atoms with Crippen molar-refractivity contribution in [1.29, 1.82) is 0 Å². The molecule has 1 aliphatic rings. The Labute approximate surface area is 174 Å². The Kier molecular flexibility index (Phi) is 5.74. The third-order valence-corrected chi connectivity index (χ3v) is 5.43. The molecule has 1 amide bonds. The fourth-order valence-electron chi connectivity index (χ4n) is 3.77. The lowest BCUT2D eigenvalue weighted by atomic mass is 9.96. The summed E-state index contributed by atoms with van der Waals surface area (Å²) in [7, 11) is 0. The van der Waals surface area contributed by atoms with Crippen molar-refractivity contribution in [3.63, 3.8) is 0 Å². The predicted molar refractivity (Wildman–Crippen MR) is 112 cm³/mol. The van der Waals surface area contributed by atoms with Crippen LogP contribution in [0.15, 0.2) is 42.5 Å². The quantitative estimate of drug-likeness (QED) is 0.703. The number of amides is 1. The zero-order valence-corrected chi connectivity index (χ0v) is 17.2. The molecular formula is C22H25FN6O. The summed E-state index contributed by atoms with van der Waals surface area (Å²) in [5.41, 5.74) is 2.85. The second-order valence-electron chi connectivity index (χ2n) is 7.69. The Balaban J connectivity index is 1.30. The lowest BCUT2D eigenvalue weighted by Gasteiger charge is -2.31. The maximum atomic E-state index is 13.0. The molecule has 0 atom stereocenters. The van der Waals surface area contributed by atoms with Crippen molar-refractivity contribution in [3.05, 3.63) is 65.2 Å². The summed E-state index contributed by atoms with van der Waals surface area (Å²) < 4.78 is 14.8. The van der Waals surface area contributed by atoms with Gasteiger partial charge in [0, 0.05) is 31.2 Å². The summed E-state index contributed by atoms with van der Waals surface area (Å²) in [6.07, 6.45) is 1.52. The average Bonchev–Trinajstić information content (AvgIpc) is 3.11. The standard InChI is InChI=1S/C22H25FN6O/c1-15-13-16(2)29(27-15)21-8-7-20(25-26-21)28-11-9-18(10-12-28)22(30)24-14-17-3-5-19(23)6-4-17/h3-8,13,18H,9-12,14H2,1-2H3,(H,24,30). The highest BCUT2D eigenvalue weighted by molar-refractivity contribution is 5.79. The van der Waals surface area contributed by atoms with Crippen LogP contribution in [0, 0.1) is 25.6 Å². The molecule has 0 unspecified atom stereocenters. The number of hydrogen-bond donors (Lipinski definition) is 1. The Morgan fingerprint density at radius 2 is 1.73 bits per heavy atom. The van der Waals surface area contributed by atoms with Gasteiger partial charge in [-0.2, -0.15) is 5.10 Å². The Bertz CT molecular complexity index is 1010. The summed E-state index contributed by atoms with van der Waals surface area (Å²) in [5, 5.41) is 16.1. The molecule has 8 heteroatoms. The van der Waals surface area contributed by atoms with Crippen LogP contribution in [0.1, 0.15) is 29.8 Å². The maximum Gasteiger partial charge on any atom is 0.223 e. The zero-order valence-electron chi connectivity index (χ0n) is 17.2. The van der Waals surface area contributed by atoms with E-state index in [9.17, 15) is 9.18 Å². The molecular weight excluding hydrogens is 383 g/mol. The molecule has 1 aliphatic heterocycles. The molecule has 156 valence electrons. The van der Waals surface area contributed by atoms with E-state index in [4.69, 9.17) is 0 Å². The smallest absolute Gasteiger partial charge is 0.223 e. The normalized spacial score (nSPS) is 14.7. The molecule has 0 saturated carbocycles. The first-order valence-corrected chi connectivity index (χ1v) is 10.1. The van der Waals surface area contributed by atoms with Crippen LogP contribution in [0.3, 0.4) is 0 Å². The topological polar surface area (TPSA) is 75.9 Å². The van der Waals surface area contributed by atoms with Crippen LogP contribution < -0.4 is 10.2 Å². The molecule has 3 heterocycles. The number of benzene rings is 1.